The minimum absolute atomic E-state index is 0.0672. The van der Waals surface area contributed by atoms with Crippen LogP contribution in [0.2, 0.25) is 0 Å². The Hall–Kier alpha value is -0.960. The third-order valence-electron chi connectivity index (χ3n) is 2.06. The largest absolute Gasteiger partial charge is 0.366 e. The Morgan fingerprint density at radius 1 is 1.54 bits per heavy atom. The fourth-order valence-corrected chi connectivity index (χ4v) is 2.47. The third kappa shape index (κ3) is 1.56. The number of carbonyl (C=O) groups is 1. The first-order valence-corrected chi connectivity index (χ1v) is 5.24. The molecule has 0 spiro atoms. The van der Waals surface area contributed by atoms with Crippen LogP contribution in [0.3, 0.4) is 0 Å². The van der Waals surface area contributed by atoms with Crippen molar-refractivity contribution in [1.29, 1.82) is 0 Å². The normalized spacial score (nSPS) is 19.3. The van der Waals surface area contributed by atoms with E-state index in [0.29, 0.717) is 6.42 Å². The number of anilines is 1. The summed E-state index contributed by atoms with van der Waals surface area (Å²) in [5.74, 6) is 0.265. The van der Waals surface area contributed by atoms with Crippen LogP contribution >= 0.6 is 11.8 Å². The topological polar surface area (TPSA) is 29.1 Å². The first kappa shape index (κ1) is 8.63. The molecule has 1 aromatic rings. The summed E-state index contributed by atoms with van der Waals surface area (Å²) in [6, 6.07) is 8.01. The molecule has 0 aliphatic carbocycles. The molecule has 2 rings (SSSR count). The molecule has 0 fully saturated rings. The molecule has 1 aliphatic heterocycles. The molecule has 1 atom stereocenters. The molecular weight excluding hydrogens is 182 g/mol. The average Bonchev–Trinajstić information content (AvgIpc) is 2.59. The van der Waals surface area contributed by atoms with E-state index >= 15 is 0 Å². The molecule has 2 nitrogen and oxygen atoms in total. The van der Waals surface area contributed by atoms with E-state index in [1.54, 1.807) is 11.8 Å². The van der Waals surface area contributed by atoms with Crippen LogP contribution in [0.15, 0.2) is 29.2 Å². The maximum absolute atomic E-state index is 11.4. The summed E-state index contributed by atoms with van der Waals surface area (Å²) in [6.07, 6.45) is 0.596. The molecule has 13 heavy (non-hydrogen) atoms. The predicted molar refractivity (Wildman–Crippen MR) is 55.0 cm³/mol. The summed E-state index contributed by atoms with van der Waals surface area (Å²) in [7, 11) is 0. The van der Waals surface area contributed by atoms with Crippen molar-refractivity contribution in [2.24, 2.45) is 0 Å². The summed E-state index contributed by atoms with van der Waals surface area (Å²) in [6.45, 7) is 1.90. The maximum Gasteiger partial charge on any atom is 0.165 e. The highest BCUT2D eigenvalue weighted by molar-refractivity contribution is 8.01. The molecule has 1 N–H and O–H groups in total. The SMILES string of the molecule is CCC(=O)C1Nc2ccccc2S1. The first-order valence-electron chi connectivity index (χ1n) is 4.36. The van der Waals surface area contributed by atoms with Gasteiger partial charge >= 0.3 is 0 Å². The Morgan fingerprint density at radius 2 is 2.31 bits per heavy atom. The van der Waals surface area contributed by atoms with Gasteiger partial charge < -0.3 is 5.32 Å². The number of fused-ring (bicyclic) bond motifs is 1. The quantitative estimate of drug-likeness (QED) is 0.782. The maximum atomic E-state index is 11.4. The zero-order valence-electron chi connectivity index (χ0n) is 7.41. The molecule has 68 valence electrons. The van der Waals surface area contributed by atoms with E-state index < -0.39 is 0 Å². The van der Waals surface area contributed by atoms with Crippen LogP contribution in [0.5, 0.6) is 0 Å². The molecule has 3 heteroatoms. The lowest BCUT2D eigenvalue weighted by atomic mass is 10.3. The fraction of sp³-hybridized carbons (Fsp3) is 0.300. The second-order valence-corrected chi connectivity index (χ2v) is 4.11. The van der Waals surface area contributed by atoms with Crippen molar-refractivity contribution in [1.82, 2.24) is 0 Å². The first-order chi connectivity index (χ1) is 6.31. The lowest BCUT2D eigenvalue weighted by Gasteiger charge is -2.06. The third-order valence-corrected chi connectivity index (χ3v) is 3.29. The van der Waals surface area contributed by atoms with Crippen molar-refractivity contribution >= 4 is 23.2 Å². The van der Waals surface area contributed by atoms with Crippen LogP contribution in [-0.4, -0.2) is 11.2 Å². The number of nitrogens with one attached hydrogen (secondary N) is 1. The molecule has 1 aliphatic rings. The minimum Gasteiger partial charge on any atom is -0.366 e. The van der Waals surface area contributed by atoms with Gasteiger partial charge in [0.15, 0.2) is 5.78 Å². The number of ketones is 1. The van der Waals surface area contributed by atoms with Crippen LogP contribution in [0, 0.1) is 0 Å². The smallest absolute Gasteiger partial charge is 0.165 e. The van der Waals surface area contributed by atoms with Gasteiger partial charge in [-0.25, -0.2) is 0 Å². The van der Waals surface area contributed by atoms with E-state index in [9.17, 15) is 4.79 Å². The second-order valence-electron chi connectivity index (χ2n) is 2.96. The average molecular weight is 193 g/mol. The Bertz CT molecular complexity index is 312. The van der Waals surface area contributed by atoms with E-state index in [2.05, 4.69) is 5.32 Å². The summed E-state index contributed by atoms with van der Waals surface area (Å²) < 4.78 is 0. The van der Waals surface area contributed by atoms with E-state index in [0.717, 1.165) is 5.69 Å². The summed E-state index contributed by atoms with van der Waals surface area (Å²) in [5, 5.41) is 3.13. The standard InChI is InChI=1S/C10H11NOS/c1-2-8(12)10-11-7-5-3-4-6-9(7)13-10/h3-6,10-11H,2H2,1H3. The fourth-order valence-electron chi connectivity index (χ4n) is 1.32. The highest BCUT2D eigenvalue weighted by Crippen LogP contribution is 2.38. The number of rotatable bonds is 2. The van der Waals surface area contributed by atoms with Crippen LogP contribution in [0.1, 0.15) is 13.3 Å². The molecule has 0 saturated heterocycles. The van der Waals surface area contributed by atoms with Gasteiger partial charge in [0.2, 0.25) is 0 Å². The van der Waals surface area contributed by atoms with Crippen molar-refractivity contribution in [3.63, 3.8) is 0 Å². The van der Waals surface area contributed by atoms with E-state index in [1.165, 1.54) is 4.90 Å². The molecule has 0 radical (unpaired) electrons. The van der Waals surface area contributed by atoms with Crippen LogP contribution in [0.25, 0.3) is 0 Å². The van der Waals surface area contributed by atoms with Gasteiger partial charge in [-0.1, -0.05) is 30.8 Å². The van der Waals surface area contributed by atoms with Gasteiger partial charge in [-0.3, -0.25) is 4.79 Å². The number of Topliss-reactive ketones (excluding diaryl/α,β-unsaturated/α-hetero) is 1. The molecule has 0 aromatic heterocycles. The van der Waals surface area contributed by atoms with Crippen molar-refractivity contribution in [2.45, 2.75) is 23.6 Å². The Morgan fingerprint density at radius 3 is 3.00 bits per heavy atom. The van der Waals surface area contributed by atoms with Crippen molar-refractivity contribution in [3.05, 3.63) is 24.3 Å². The van der Waals surface area contributed by atoms with E-state index in [1.807, 2.05) is 31.2 Å². The minimum atomic E-state index is -0.0672. The van der Waals surface area contributed by atoms with Gasteiger partial charge in [-0.2, -0.15) is 0 Å². The highest BCUT2D eigenvalue weighted by Gasteiger charge is 2.25. The molecule has 1 unspecified atom stereocenters. The predicted octanol–water partition coefficient (Wildman–Crippen LogP) is 2.51. The molecule has 1 aromatic carbocycles. The summed E-state index contributed by atoms with van der Waals surface area (Å²) >= 11 is 1.61. The van der Waals surface area contributed by atoms with Gasteiger partial charge in [-0.05, 0) is 12.1 Å². The highest BCUT2D eigenvalue weighted by atomic mass is 32.2. The van der Waals surface area contributed by atoms with Gasteiger partial charge in [0, 0.05) is 17.0 Å². The zero-order chi connectivity index (χ0) is 9.26. The molecule has 0 bridgehead atoms. The molecule has 0 amide bonds. The number of carbonyl (C=O) groups excluding carboxylic acids is 1. The summed E-state index contributed by atoms with van der Waals surface area (Å²) in [4.78, 5) is 12.6. The number of hydrogen-bond acceptors (Lipinski definition) is 3. The lowest BCUT2D eigenvalue weighted by Crippen LogP contribution is -2.21. The lowest BCUT2D eigenvalue weighted by molar-refractivity contribution is -0.117. The Kier molecular flexibility index (Phi) is 2.27. The van der Waals surface area contributed by atoms with Crippen LogP contribution in [-0.2, 0) is 4.79 Å². The Labute approximate surface area is 81.7 Å². The summed E-state index contributed by atoms with van der Waals surface area (Å²) in [5.41, 5.74) is 1.08. The van der Waals surface area contributed by atoms with Crippen molar-refractivity contribution in [3.8, 4) is 0 Å². The van der Waals surface area contributed by atoms with Gasteiger partial charge in [0.05, 0.1) is 0 Å². The zero-order valence-corrected chi connectivity index (χ0v) is 8.23. The monoisotopic (exact) mass is 193 g/mol. The van der Waals surface area contributed by atoms with E-state index in [4.69, 9.17) is 0 Å². The van der Waals surface area contributed by atoms with Gasteiger partial charge in [-0.15, -0.1) is 0 Å². The molecule has 0 saturated carbocycles. The molecular formula is C10H11NOS. The van der Waals surface area contributed by atoms with Crippen LogP contribution in [0.4, 0.5) is 5.69 Å². The number of benzene rings is 1. The van der Waals surface area contributed by atoms with Gasteiger partial charge in [0.25, 0.3) is 0 Å². The van der Waals surface area contributed by atoms with Crippen molar-refractivity contribution in [2.75, 3.05) is 5.32 Å². The van der Waals surface area contributed by atoms with E-state index in [-0.39, 0.29) is 11.2 Å². The number of para-hydroxylation sites is 1. The molecule has 1 heterocycles. The Balaban J connectivity index is 2.18. The van der Waals surface area contributed by atoms with Crippen molar-refractivity contribution < 1.29 is 4.79 Å². The number of thioether (sulfide) groups is 1. The number of hydrogen-bond donors (Lipinski definition) is 1. The second kappa shape index (κ2) is 3.42. The van der Waals surface area contributed by atoms with Crippen LogP contribution < -0.4 is 5.32 Å². The van der Waals surface area contributed by atoms with Gasteiger partial charge in [0.1, 0.15) is 5.37 Å².